The minimum Gasteiger partial charge on any atom is -0.292 e. The molecule has 1 aromatic rings. The predicted octanol–water partition coefficient (Wildman–Crippen LogP) is 0.428. The van der Waals surface area contributed by atoms with Crippen LogP contribution >= 0.6 is 0 Å². The maximum atomic E-state index is 11.3. The largest absolute Gasteiger partial charge is 0.292 e. The van der Waals surface area contributed by atoms with E-state index in [-0.39, 0.29) is 11.8 Å². The molecule has 106 valence electrons. The van der Waals surface area contributed by atoms with Crippen LogP contribution < -0.4 is 5.14 Å². The lowest BCUT2D eigenvalue weighted by Gasteiger charge is -2.34. The molecule has 0 aliphatic carbocycles. The number of piperidine rings is 1. The van der Waals surface area contributed by atoms with Gasteiger partial charge in [0.25, 0.3) is 0 Å². The second-order valence-electron chi connectivity index (χ2n) is 5.13. The van der Waals surface area contributed by atoms with Gasteiger partial charge in [0.1, 0.15) is 5.82 Å². The molecule has 2 N–H and O–H groups in total. The summed E-state index contributed by atoms with van der Waals surface area (Å²) in [5, 5.41) is 5.16. The van der Waals surface area contributed by atoms with Gasteiger partial charge in [0, 0.05) is 18.4 Å². The molecular formula is C12H20N4O2S. The molecule has 1 aromatic heterocycles. The van der Waals surface area contributed by atoms with Crippen LogP contribution in [0.1, 0.15) is 30.7 Å². The predicted molar refractivity (Wildman–Crippen MR) is 72.8 cm³/mol. The van der Waals surface area contributed by atoms with Crippen LogP contribution in [0.3, 0.4) is 0 Å². The van der Waals surface area contributed by atoms with Gasteiger partial charge in [-0.05, 0) is 31.9 Å². The monoisotopic (exact) mass is 284 g/mol. The summed E-state index contributed by atoms with van der Waals surface area (Å²) in [5.74, 6) is 0.741. The van der Waals surface area contributed by atoms with Crippen molar-refractivity contribution in [1.29, 1.82) is 0 Å². The average Bonchev–Trinajstić information content (AvgIpc) is 2.33. The van der Waals surface area contributed by atoms with Gasteiger partial charge in [0.05, 0.1) is 12.3 Å². The Labute approximate surface area is 114 Å². The zero-order valence-corrected chi connectivity index (χ0v) is 11.9. The molecule has 19 heavy (non-hydrogen) atoms. The molecule has 1 atom stereocenters. The van der Waals surface area contributed by atoms with E-state index in [0.717, 1.165) is 37.2 Å². The number of hydrogen-bond donors (Lipinski definition) is 1. The van der Waals surface area contributed by atoms with E-state index in [2.05, 4.69) is 14.9 Å². The Bertz CT molecular complexity index is 515. The van der Waals surface area contributed by atoms with Gasteiger partial charge in [-0.2, -0.15) is 0 Å². The van der Waals surface area contributed by atoms with Gasteiger partial charge in [-0.3, -0.25) is 4.90 Å². The molecule has 0 radical (unpaired) electrons. The van der Waals surface area contributed by atoms with Crippen molar-refractivity contribution in [3.8, 4) is 0 Å². The molecule has 0 bridgehead atoms. The van der Waals surface area contributed by atoms with E-state index in [9.17, 15) is 8.42 Å². The summed E-state index contributed by atoms with van der Waals surface area (Å²) in [7, 11) is -3.44. The first-order chi connectivity index (χ1) is 8.94. The van der Waals surface area contributed by atoms with E-state index in [1.54, 1.807) is 12.4 Å². The first-order valence-corrected chi connectivity index (χ1v) is 8.17. The van der Waals surface area contributed by atoms with Crippen LogP contribution in [0.25, 0.3) is 0 Å². The molecule has 0 spiro atoms. The molecule has 2 heterocycles. The van der Waals surface area contributed by atoms with Crippen molar-refractivity contribution in [3.05, 3.63) is 23.8 Å². The number of sulfonamides is 1. The van der Waals surface area contributed by atoms with Crippen molar-refractivity contribution in [2.75, 3.05) is 12.3 Å². The zero-order valence-electron chi connectivity index (χ0n) is 11.1. The van der Waals surface area contributed by atoms with Crippen LogP contribution in [-0.4, -0.2) is 41.6 Å². The lowest BCUT2D eigenvalue weighted by Crippen LogP contribution is -2.44. The van der Waals surface area contributed by atoms with Crippen LogP contribution in [0.15, 0.2) is 12.4 Å². The number of aryl methyl sites for hydroxylation is 1. The second kappa shape index (κ2) is 5.94. The Morgan fingerprint density at radius 1 is 1.37 bits per heavy atom. The summed E-state index contributed by atoms with van der Waals surface area (Å²) in [4.78, 5) is 10.7. The molecule has 0 saturated carbocycles. The fraction of sp³-hybridized carbons (Fsp3) is 0.667. The number of primary sulfonamides is 1. The Morgan fingerprint density at radius 3 is 2.68 bits per heavy atom. The third-order valence-electron chi connectivity index (χ3n) is 3.35. The first kappa shape index (κ1) is 14.4. The standard InChI is InChI=1S/C12H20N4O2S/c1-10-6-14-12(15-7-10)8-16-5-3-2-4-11(16)9-19(13,17)18/h6-7,11H,2-5,8-9H2,1H3,(H2,13,17,18). The van der Waals surface area contributed by atoms with Gasteiger partial charge in [0.15, 0.2) is 0 Å². The second-order valence-corrected chi connectivity index (χ2v) is 6.79. The fourth-order valence-electron chi connectivity index (χ4n) is 2.41. The van der Waals surface area contributed by atoms with Gasteiger partial charge < -0.3 is 0 Å². The van der Waals surface area contributed by atoms with Crippen molar-refractivity contribution in [2.24, 2.45) is 5.14 Å². The molecule has 1 saturated heterocycles. The average molecular weight is 284 g/mol. The Morgan fingerprint density at radius 2 is 2.05 bits per heavy atom. The highest BCUT2D eigenvalue weighted by Gasteiger charge is 2.26. The van der Waals surface area contributed by atoms with Crippen molar-refractivity contribution < 1.29 is 8.42 Å². The highest BCUT2D eigenvalue weighted by molar-refractivity contribution is 7.89. The number of rotatable bonds is 4. The molecule has 7 heteroatoms. The normalized spacial score (nSPS) is 21.5. The summed E-state index contributed by atoms with van der Waals surface area (Å²) in [5.41, 5.74) is 1.02. The fourth-order valence-corrected chi connectivity index (χ4v) is 3.32. The molecule has 1 unspecified atom stereocenters. The van der Waals surface area contributed by atoms with E-state index in [0.29, 0.717) is 6.54 Å². The Balaban J connectivity index is 2.05. The van der Waals surface area contributed by atoms with Crippen molar-refractivity contribution in [3.63, 3.8) is 0 Å². The molecule has 1 fully saturated rings. The SMILES string of the molecule is Cc1cnc(CN2CCCCC2CS(N)(=O)=O)nc1. The number of hydrogen-bond acceptors (Lipinski definition) is 5. The number of nitrogens with zero attached hydrogens (tertiary/aromatic N) is 3. The maximum absolute atomic E-state index is 11.3. The number of nitrogens with two attached hydrogens (primary N) is 1. The van der Waals surface area contributed by atoms with E-state index >= 15 is 0 Å². The highest BCUT2D eigenvalue weighted by atomic mass is 32.2. The first-order valence-electron chi connectivity index (χ1n) is 6.46. The van der Waals surface area contributed by atoms with Crippen LogP contribution in [0.2, 0.25) is 0 Å². The maximum Gasteiger partial charge on any atom is 0.210 e. The van der Waals surface area contributed by atoms with Crippen molar-refractivity contribution >= 4 is 10.0 Å². The van der Waals surface area contributed by atoms with Crippen molar-refractivity contribution in [2.45, 2.75) is 38.8 Å². The number of likely N-dealkylation sites (tertiary alicyclic amines) is 1. The Hall–Kier alpha value is -1.05. The van der Waals surface area contributed by atoms with Gasteiger partial charge in [-0.25, -0.2) is 23.5 Å². The summed E-state index contributed by atoms with van der Waals surface area (Å²) >= 11 is 0. The van der Waals surface area contributed by atoms with Gasteiger partial charge in [-0.15, -0.1) is 0 Å². The molecule has 1 aliphatic heterocycles. The number of aromatic nitrogens is 2. The van der Waals surface area contributed by atoms with E-state index in [4.69, 9.17) is 5.14 Å². The van der Waals surface area contributed by atoms with E-state index in [1.807, 2.05) is 6.92 Å². The van der Waals surface area contributed by atoms with Crippen molar-refractivity contribution in [1.82, 2.24) is 14.9 Å². The van der Waals surface area contributed by atoms with E-state index < -0.39 is 10.0 Å². The molecular weight excluding hydrogens is 264 g/mol. The topological polar surface area (TPSA) is 89.2 Å². The van der Waals surface area contributed by atoms with Gasteiger partial charge in [-0.1, -0.05) is 6.42 Å². The smallest absolute Gasteiger partial charge is 0.210 e. The summed E-state index contributed by atoms with van der Waals surface area (Å²) in [6, 6.07) is -0.0198. The third kappa shape index (κ3) is 4.52. The van der Waals surface area contributed by atoms with Gasteiger partial charge >= 0.3 is 0 Å². The lowest BCUT2D eigenvalue weighted by atomic mass is 10.0. The molecule has 0 aromatic carbocycles. The summed E-state index contributed by atoms with van der Waals surface area (Å²) in [6.07, 6.45) is 6.54. The minimum absolute atomic E-state index is 0.0128. The Kier molecular flexibility index (Phi) is 4.49. The minimum atomic E-state index is -3.44. The molecule has 2 rings (SSSR count). The summed E-state index contributed by atoms with van der Waals surface area (Å²) in [6.45, 7) is 3.40. The third-order valence-corrected chi connectivity index (χ3v) is 4.20. The summed E-state index contributed by atoms with van der Waals surface area (Å²) < 4.78 is 22.5. The molecule has 6 nitrogen and oxygen atoms in total. The van der Waals surface area contributed by atoms with Crippen LogP contribution in [0.5, 0.6) is 0 Å². The van der Waals surface area contributed by atoms with Crippen LogP contribution in [0, 0.1) is 6.92 Å². The quantitative estimate of drug-likeness (QED) is 0.866. The van der Waals surface area contributed by atoms with Crippen LogP contribution in [0.4, 0.5) is 0 Å². The van der Waals surface area contributed by atoms with Gasteiger partial charge in [0.2, 0.25) is 10.0 Å². The molecule has 1 aliphatic rings. The van der Waals surface area contributed by atoms with E-state index in [1.165, 1.54) is 0 Å². The molecule has 0 amide bonds. The highest BCUT2D eigenvalue weighted by Crippen LogP contribution is 2.19. The lowest BCUT2D eigenvalue weighted by molar-refractivity contribution is 0.150. The zero-order chi connectivity index (χ0) is 13.9. The van der Waals surface area contributed by atoms with Crippen LogP contribution in [-0.2, 0) is 16.6 Å².